The van der Waals surface area contributed by atoms with E-state index < -0.39 is 23.5 Å². The van der Waals surface area contributed by atoms with Crippen LogP contribution in [0.25, 0.3) is 0 Å². The second-order valence-electron chi connectivity index (χ2n) is 6.79. The Morgan fingerprint density at radius 1 is 1.03 bits per heavy atom. The summed E-state index contributed by atoms with van der Waals surface area (Å²) in [5.74, 6) is 3.73. The van der Waals surface area contributed by atoms with Crippen LogP contribution in [0.2, 0.25) is 0 Å². The predicted molar refractivity (Wildman–Crippen MR) is 109 cm³/mol. The summed E-state index contributed by atoms with van der Waals surface area (Å²) >= 11 is 0. The number of carboxylic acid groups (broad SMARTS) is 1. The van der Waals surface area contributed by atoms with Crippen LogP contribution in [-0.2, 0) is 12.6 Å². The van der Waals surface area contributed by atoms with Crippen LogP contribution in [0, 0.1) is 11.8 Å². The molecule has 0 atom stereocenters. The first-order chi connectivity index (χ1) is 14.2. The molecule has 0 aliphatic rings. The number of benzene rings is 2. The highest BCUT2D eigenvalue weighted by atomic mass is 19.4. The number of aryl methyl sites for hydroxylation is 1. The zero-order valence-corrected chi connectivity index (χ0v) is 16.9. The number of aromatic carboxylic acids is 1. The first-order valence-electron chi connectivity index (χ1n) is 9.66. The normalized spacial score (nSPS) is 11.3. The van der Waals surface area contributed by atoms with Crippen LogP contribution >= 0.6 is 0 Å². The lowest BCUT2D eigenvalue weighted by atomic mass is 9.99. The largest absolute Gasteiger partial charge is 0.508 e. The Bertz CT molecular complexity index is 954. The van der Waals surface area contributed by atoms with E-state index in [1.54, 1.807) is 0 Å². The van der Waals surface area contributed by atoms with Gasteiger partial charge in [-0.05, 0) is 74.4 Å². The minimum Gasteiger partial charge on any atom is -0.508 e. The Balaban J connectivity index is 2.38. The summed E-state index contributed by atoms with van der Waals surface area (Å²) in [5.41, 5.74) is 0.0126. The van der Waals surface area contributed by atoms with Gasteiger partial charge in [0.15, 0.2) is 0 Å². The molecule has 4 nitrogen and oxygen atoms in total. The fourth-order valence-electron chi connectivity index (χ4n) is 3.10. The van der Waals surface area contributed by atoms with E-state index in [1.165, 1.54) is 18.2 Å². The van der Waals surface area contributed by atoms with Gasteiger partial charge in [-0.25, -0.2) is 4.79 Å². The van der Waals surface area contributed by atoms with Crippen molar-refractivity contribution in [2.45, 2.75) is 32.9 Å². The first-order valence-corrected chi connectivity index (χ1v) is 9.66. The minimum atomic E-state index is -4.65. The number of aromatic hydroxyl groups is 1. The van der Waals surface area contributed by atoms with E-state index in [-0.39, 0.29) is 11.1 Å². The van der Waals surface area contributed by atoms with Gasteiger partial charge < -0.3 is 15.1 Å². The van der Waals surface area contributed by atoms with Gasteiger partial charge in [0.1, 0.15) is 5.75 Å². The van der Waals surface area contributed by atoms with Crippen LogP contribution < -0.4 is 0 Å². The topological polar surface area (TPSA) is 60.8 Å². The van der Waals surface area contributed by atoms with Crippen molar-refractivity contribution in [2.24, 2.45) is 0 Å². The third-order valence-electron chi connectivity index (χ3n) is 4.81. The molecule has 0 saturated heterocycles. The second-order valence-corrected chi connectivity index (χ2v) is 6.79. The van der Waals surface area contributed by atoms with Gasteiger partial charge in [0.05, 0.1) is 11.1 Å². The molecule has 30 heavy (non-hydrogen) atoms. The second kappa shape index (κ2) is 10.2. The molecule has 2 N–H and O–H groups in total. The molecule has 0 spiro atoms. The summed E-state index contributed by atoms with van der Waals surface area (Å²) in [5, 5.41) is 18.6. The van der Waals surface area contributed by atoms with E-state index in [0.29, 0.717) is 23.6 Å². The van der Waals surface area contributed by atoms with Crippen LogP contribution in [0.3, 0.4) is 0 Å². The molecule has 0 bridgehead atoms. The molecule has 0 fully saturated rings. The van der Waals surface area contributed by atoms with E-state index in [9.17, 15) is 28.2 Å². The van der Waals surface area contributed by atoms with Gasteiger partial charge in [-0.3, -0.25) is 0 Å². The molecule has 0 amide bonds. The molecule has 160 valence electrons. The highest BCUT2D eigenvalue weighted by molar-refractivity contribution is 5.88. The number of rotatable bonds is 7. The van der Waals surface area contributed by atoms with Gasteiger partial charge in [-0.2, -0.15) is 13.2 Å². The zero-order chi connectivity index (χ0) is 22.3. The summed E-state index contributed by atoms with van der Waals surface area (Å²) in [4.78, 5) is 13.5. The van der Waals surface area contributed by atoms with Crippen LogP contribution in [-0.4, -0.2) is 40.7 Å². The van der Waals surface area contributed by atoms with Crippen LogP contribution in [0.4, 0.5) is 13.2 Å². The summed E-state index contributed by atoms with van der Waals surface area (Å²) < 4.78 is 39.7. The molecule has 0 saturated carbocycles. The lowest BCUT2D eigenvalue weighted by Crippen LogP contribution is -2.24. The quantitative estimate of drug-likeness (QED) is 0.634. The monoisotopic (exact) mass is 419 g/mol. The van der Waals surface area contributed by atoms with Crippen LogP contribution in [0.1, 0.15) is 52.9 Å². The number of nitrogens with zero attached hydrogens (tertiary/aromatic N) is 1. The first kappa shape index (κ1) is 23.3. The maximum atomic E-state index is 13.2. The van der Waals surface area contributed by atoms with Crippen molar-refractivity contribution < 1.29 is 28.2 Å². The highest BCUT2D eigenvalue weighted by Gasteiger charge is 2.33. The van der Waals surface area contributed by atoms with Crippen molar-refractivity contribution >= 4 is 5.97 Å². The fourth-order valence-corrected chi connectivity index (χ4v) is 3.10. The minimum absolute atomic E-state index is 0.110. The molecule has 0 heterocycles. The Morgan fingerprint density at radius 3 is 2.27 bits per heavy atom. The molecular weight excluding hydrogens is 395 g/mol. The van der Waals surface area contributed by atoms with Crippen molar-refractivity contribution in [3.05, 3.63) is 64.2 Å². The highest BCUT2D eigenvalue weighted by Crippen LogP contribution is 2.33. The molecular formula is C23H24F3NO3. The number of halogens is 3. The molecule has 7 heteroatoms. The van der Waals surface area contributed by atoms with Gasteiger partial charge in [0.2, 0.25) is 0 Å². The SMILES string of the molecule is CCN(CC)CCCc1cc(C(=O)O)ccc1C#Cc1ccc(O)cc1C(F)(F)F. The fraction of sp³-hybridized carbons (Fsp3) is 0.348. The maximum absolute atomic E-state index is 13.2. The van der Waals surface area contributed by atoms with Gasteiger partial charge in [-0.15, -0.1) is 0 Å². The van der Waals surface area contributed by atoms with Crippen molar-refractivity contribution in [3.63, 3.8) is 0 Å². The zero-order valence-electron chi connectivity index (χ0n) is 16.9. The number of carbonyl (C=O) groups is 1. The molecule has 0 aliphatic heterocycles. The number of phenols is 1. The summed E-state index contributed by atoms with van der Waals surface area (Å²) in [6.07, 6.45) is -3.32. The van der Waals surface area contributed by atoms with E-state index >= 15 is 0 Å². The van der Waals surface area contributed by atoms with Crippen LogP contribution in [0.15, 0.2) is 36.4 Å². The third-order valence-corrected chi connectivity index (χ3v) is 4.81. The Morgan fingerprint density at radius 2 is 1.67 bits per heavy atom. The number of phenolic OH excluding ortho intramolecular Hbond substituents is 1. The smallest absolute Gasteiger partial charge is 0.417 e. The third kappa shape index (κ3) is 6.26. The van der Waals surface area contributed by atoms with E-state index in [2.05, 4.69) is 30.6 Å². The van der Waals surface area contributed by atoms with Crippen LogP contribution in [0.5, 0.6) is 5.75 Å². The molecule has 0 unspecified atom stereocenters. The van der Waals surface area contributed by atoms with Crippen molar-refractivity contribution in [1.82, 2.24) is 4.90 Å². The molecule has 0 aliphatic carbocycles. The van der Waals surface area contributed by atoms with Gasteiger partial charge >= 0.3 is 12.1 Å². The molecule has 0 aromatic heterocycles. The Hall–Kier alpha value is -2.98. The average molecular weight is 419 g/mol. The summed E-state index contributed by atoms with van der Waals surface area (Å²) in [6.45, 7) is 6.74. The van der Waals surface area contributed by atoms with E-state index in [0.717, 1.165) is 38.2 Å². The summed E-state index contributed by atoms with van der Waals surface area (Å²) in [6, 6.07) is 7.35. The Labute approximate surface area is 174 Å². The van der Waals surface area contributed by atoms with E-state index in [1.807, 2.05) is 0 Å². The number of alkyl halides is 3. The lowest BCUT2D eigenvalue weighted by molar-refractivity contribution is -0.137. The Kier molecular flexibility index (Phi) is 7.90. The van der Waals surface area contributed by atoms with Gasteiger partial charge in [-0.1, -0.05) is 25.7 Å². The molecule has 2 aromatic rings. The van der Waals surface area contributed by atoms with Gasteiger partial charge in [0, 0.05) is 11.1 Å². The number of carboxylic acids is 1. The van der Waals surface area contributed by atoms with Crippen molar-refractivity contribution in [2.75, 3.05) is 19.6 Å². The van der Waals surface area contributed by atoms with E-state index in [4.69, 9.17) is 0 Å². The standard InChI is InChI=1S/C23H24F3NO3/c1-3-27(4-2)13-5-6-18-14-19(22(29)30)10-8-16(18)7-9-17-11-12-20(28)15-21(17)23(24,25)26/h8,10-12,14-15,28H,3-6,13H2,1-2H3,(H,29,30). The maximum Gasteiger partial charge on any atom is 0.417 e. The van der Waals surface area contributed by atoms with Crippen molar-refractivity contribution in [3.8, 4) is 17.6 Å². The number of hydrogen-bond acceptors (Lipinski definition) is 3. The van der Waals surface area contributed by atoms with Gasteiger partial charge in [0.25, 0.3) is 0 Å². The summed E-state index contributed by atoms with van der Waals surface area (Å²) in [7, 11) is 0. The average Bonchev–Trinajstić information content (AvgIpc) is 2.70. The number of hydrogen-bond donors (Lipinski definition) is 2. The molecule has 0 radical (unpaired) electrons. The molecule has 2 rings (SSSR count). The lowest BCUT2D eigenvalue weighted by Gasteiger charge is -2.17. The predicted octanol–water partition coefficient (Wildman–Crippen LogP) is 4.78. The molecule has 2 aromatic carbocycles. The van der Waals surface area contributed by atoms with Crippen molar-refractivity contribution in [1.29, 1.82) is 0 Å².